The number of aromatic nitrogens is 6. The summed E-state index contributed by atoms with van der Waals surface area (Å²) in [6, 6.07) is 35.7. The van der Waals surface area contributed by atoms with Gasteiger partial charge in [-0.05, 0) is 70.7 Å². The molecular weight excluding hydrogens is 595 g/mol. The minimum atomic E-state index is 0.0649. The van der Waals surface area contributed by atoms with Crippen molar-refractivity contribution in [2.24, 2.45) is 0 Å². The molecular formula is C32H24Cl2N10. The molecule has 12 heteroatoms. The van der Waals surface area contributed by atoms with E-state index in [9.17, 15) is 0 Å². The van der Waals surface area contributed by atoms with Crippen LogP contribution < -0.4 is 20.4 Å². The molecule has 44 heavy (non-hydrogen) atoms. The van der Waals surface area contributed by atoms with Crippen molar-refractivity contribution < 1.29 is 0 Å². The fourth-order valence-electron chi connectivity index (χ4n) is 4.88. The normalized spacial score (nSPS) is 12.3. The van der Waals surface area contributed by atoms with Crippen LogP contribution in [-0.2, 0) is 13.1 Å². The van der Waals surface area contributed by atoms with Gasteiger partial charge in [0.25, 0.3) is 0 Å². The third-order valence-electron chi connectivity index (χ3n) is 6.87. The van der Waals surface area contributed by atoms with Crippen LogP contribution in [0.2, 0.25) is 10.6 Å². The van der Waals surface area contributed by atoms with Gasteiger partial charge in [0.15, 0.2) is 0 Å². The lowest BCUT2D eigenvalue weighted by molar-refractivity contribution is 0.883. The predicted octanol–water partition coefficient (Wildman–Crippen LogP) is 7.84. The molecule has 0 saturated heterocycles. The van der Waals surface area contributed by atoms with Crippen LogP contribution in [0.3, 0.4) is 0 Å². The first-order valence-corrected chi connectivity index (χ1v) is 14.5. The Labute approximate surface area is 263 Å². The standard InChI is InChI=1S/C32H24Cl2N10/c33-27-37-29-35-23-13-7-14-24(17-23)36-30-38-28(34)40-32(42-30)44(20-22-11-5-2-6-12-22)26-16-8-15-25(18-26)43(31(39-27)41-29)19-21-9-3-1-4-10-21/h1-18H,19-20H2,(H,35,37,39,41)(H,36,38,40,42). The lowest BCUT2D eigenvalue weighted by atomic mass is 10.1. The van der Waals surface area contributed by atoms with Crippen molar-refractivity contribution >= 4 is 69.7 Å². The molecule has 10 nitrogen and oxygen atoms in total. The Hall–Kier alpha value is -5.32. The van der Waals surface area contributed by atoms with Gasteiger partial charge in [0.05, 0.1) is 13.1 Å². The van der Waals surface area contributed by atoms with E-state index >= 15 is 0 Å². The number of nitrogens with one attached hydrogen (secondary N) is 2. The van der Waals surface area contributed by atoms with Gasteiger partial charge in [-0.25, -0.2) is 0 Å². The number of halogens is 2. The number of nitrogens with zero attached hydrogens (tertiary/aromatic N) is 8. The highest BCUT2D eigenvalue weighted by molar-refractivity contribution is 6.28. The zero-order valence-corrected chi connectivity index (χ0v) is 24.7. The van der Waals surface area contributed by atoms with Crippen molar-refractivity contribution in [3.63, 3.8) is 0 Å². The third-order valence-corrected chi connectivity index (χ3v) is 7.21. The van der Waals surface area contributed by atoms with E-state index in [0.717, 1.165) is 33.9 Å². The Morgan fingerprint density at radius 2 is 0.932 bits per heavy atom. The fraction of sp³-hybridized carbons (Fsp3) is 0.0625. The van der Waals surface area contributed by atoms with Crippen LogP contribution in [0.5, 0.6) is 0 Å². The van der Waals surface area contributed by atoms with Crippen molar-refractivity contribution in [3.8, 4) is 0 Å². The summed E-state index contributed by atoms with van der Waals surface area (Å²) in [6.45, 7) is 0.952. The number of rotatable bonds is 4. The highest BCUT2D eigenvalue weighted by atomic mass is 35.5. The van der Waals surface area contributed by atoms with Crippen LogP contribution in [0, 0.1) is 0 Å². The largest absolute Gasteiger partial charge is 0.324 e. The SMILES string of the molecule is Clc1nc2nc(n1)N(Cc1ccccc1)c1cccc(c1)N(Cc1ccccc1)c1nc(Cl)nc(n1)Nc1cccc(c1)N2. The van der Waals surface area contributed by atoms with Gasteiger partial charge in [-0.15, -0.1) is 0 Å². The first-order chi connectivity index (χ1) is 21.6. The number of anilines is 8. The van der Waals surface area contributed by atoms with Gasteiger partial charge in [0.1, 0.15) is 0 Å². The monoisotopic (exact) mass is 618 g/mol. The van der Waals surface area contributed by atoms with Crippen molar-refractivity contribution in [3.05, 3.63) is 131 Å². The Bertz CT molecular complexity index is 1790. The number of hydrogen-bond donors (Lipinski definition) is 2. The molecule has 216 valence electrons. The number of fused-ring (bicyclic) bond motifs is 8. The predicted molar refractivity (Wildman–Crippen MR) is 174 cm³/mol. The van der Waals surface area contributed by atoms with Crippen molar-refractivity contribution in [2.75, 3.05) is 20.4 Å². The summed E-state index contributed by atoms with van der Waals surface area (Å²) < 4.78 is 0. The fourth-order valence-corrected chi connectivity index (χ4v) is 5.19. The third kappa shape index (κ3) is 6.22. The molecule has 0 spiro atoms. The summed E-state index contributed by atoms with van der Waals surface area (Å²) in [5.74, 6) is 1.37. The Morgan fingerprint density at radius 3 is 1.41 bits per heavy atom. The zero-order valence-electron chi connectivity index (χ0n) is 23.1. The number of benzene rings is 4. The molecule has 0 fully saturated rings. The second-order valence-electron chi connectivity index (χ2n) is 9.95. The van der Waals surface area contributed by atoms with Crippen LogP contribution in [-0.4, -0.2) is 29.9 Å². The minimum absolute atomic E-state index is 0.0649. The van der Waals surface area contributed by atoms with E-state index in [0.29, 0.717) is 36.9 Å². The second kappa shape index (κ2) is 12.1. The maximum atomic E-state index is 6.48. The molecule has 3 heterocycles. The molecule has 8 bridgehead atoms. The van der Waals surface area contributed by atoms with Gasteiger partial charge >= 0.3 is 0 Å². The summed E-state index contributed by atoms with van der Waals surface area (Å²) in [7, 11) is 0. The number of hydrogen-bond acceptors (Lipinski definition) is 10. The average Bonchev–Trinajstić information content (AvgIpc) is 3.03. The van der Waals surface area contributed by atoms with E-state index in [2.05, 4.69) is 54.8 Å². The van der Waals surface area contributed by atoms with E-state index < -0.39 is 0 Å². The van der Waals surface area contributed by atoms with Crippen molar-refractivity contribution in [2.45, 2.75) is 13.1 Å². The van der Waals surface area contributed by atoms with Crippen LogP contribution >= 0.6 is 23.2 Å². The summed E-state index contributed by atoms with van der Waals surface area (Å²) in [4.78, 5) is 31.3. The van der Waals surface area contributed by atoms with Gasteiger partial charge in [0, 0.05) is 22.7 Å². The molecule has 0 atom stereocenters. The molecule has 0 unspecified atom stereocenters. The molecule has 6 aromatic rings. The average molecular weight is 620 g/mol. The maximum Gasteiger partial charge on any atom is 0.236 e. The Balaban J connectivity index is 1.44. The summed E-state index contributed by atoms with van der Waals surface area (Å²) in [5.41, 5.74) is 5.21. The maximum absolute atomic E-state index is 6.48. The van der Waals surface area contributed by atoms with E-state index in [4.69, 9.17) is 33.2 Å². The first-order valence-electron chi connectivity index (χ1n) is 13.8. The molecule has 0 radical (unpaired) electrons. The Kier molecular flexibility index (Phi) is 7.58. The van der Waals surface area contributed by atoms with Crippen LogP contribution in [0.4, 0.5) is 46.5 Å². The van der Waals surface area contributed by atoms with Crippen molar-refractivity contribution in [1.82, 2.24) is 29.9 Å². The highest BCUT2D eigenvalue weighted by Crippen LogP contribution is 2.34. The van der Waals surface area contributed by atoms with Gasteiger partial charge < -0.3 is 20.4 Å². The molecule has 1 aliphatic heterocycles. The summed E-state index contributed by atoms with van der Waals surface area (Å²) in [6.07, 6.45) is 0. The van der Waals surface area contributed by atoms with Gasteiger partial charge in [0.2, 0.25) is 34.4 Å². The zero-order chi connectivity index (χ0) is 29.9. The van der Waals surface area contributed by atoms with E-state index in [1.165, 1.54) is 0 Å². The first kappa shape index (κ1) is 27.5. The van der Waals surface area contributed by atoms with Crippen LogP contribution in [0.25, 0.3) is 0 Å². The summed E-state index contributed by atoms with van der Waals surface area (Å²) >= 11 is 13.0. The molecule has 7 rings (SSSR count). The minimum Gasteiger partial charge on any atom is -0.324 e. The second-order valence-corrected chi connectivity index (χ2v) is 10.6. The molecule has 2 N–H and O–H groups in total. The lowest BCUT2D eigenvalue weighted by Crippen LogP contribution is -2.22. The van der Waals surface area contributed by atoms with Gasteiger partial charge in [-0.2, -0.15) is 29.9 Å². The molecule has 0 saturated carbocycles. The van der Waals surface area contributed by atoms with E-state index in [1.807, 2.05) is 94.7 Å². The smallest absolute Gasteiger partial charge is 0.236 e. The van der Waals surface area contributed by atoms with E-state index in [-0.39, 0.29) is 10.6 Å². The Morgan fingerprint density at radius 1 is 0.477 bits per heavy atom. The quantitative estimate of drug-likeness (QED) is 0.203. The van der Waals surface area contributed by atoms with E-state index in [1.54, 1.807) is 0 Å². The van der Waals surface area contributed by atoms with Crippen LogP contribution in [0.15, 0.2) is 109 Å². The lowest BCUT2D eigenvalue weighted by Gasteiger charge is -2.27. The molecule has 0 amide bonds. The van der Waals surface area contributed by atoms with Crippen LogP contribution in [0.1, 0.15) is 11.1 Å². The van der Waals surface area contributed by atoms with Gasteiger partial charge in [-0.1, -0.05) is 72.8 Å². The molecule has 1 aliphatic rings. The molecule has 2 aromatic heterocycles. The molecule has 4 aromatic carbocycles. The summed E-state index contributed by atoms with van der Waals surface area (Å²) in [5, 5.41) is 6.63. The van der Waals surface area contributed by atoms with Gasteiger partial charge in [-0.3, -0.25) is 0 Å². The molecule has 0 aliphatic carbocycles. The topological polar surface area (TPSA) is 108 Å². The highest BCUT2D eigenvalue weighted by Gasteiger charge is 2.21. The van der Waals surface area contributed by atoms with Crippen molar-refractivity contribution in [1.29, 1.82) is 0 Å².